The first-order valence-electron chi connectivity index (χ1n) is 5.33. The summed E-state index contributed by atoms with van der Waals surface area (Å²) in [5, 5.41) is 1.37. The maximum Gasteiger partial charge on any atom is 0.310 e. The second kappa shape index (κ2) is 5.47. The van der Waals surface area contributed by atoms with E-state index in [0.717, 1.165) is 11.1 Å². The fraction of sp³-hybridized carbons (Fsp3) is 0. The molecule has 0 spiro atoms. The van der Waals surface area contributed by atoms with E-state index in [1.165, 1.54) is 0 Å². The summed E-state index contributed by atoms with van der Waals surface area (Å²) in [4.78, 5) is 21.7. The number of hydrogen-bond acceptors (Lipinski definition) is 2. The van der Waals surface area contributed by atoms with Crippen LogP contribution in [0.25, 0.3) is 11.1 Å². The molecule has 0 aliphatic heterocycles. The van der Waals surface area contributed by atoms with Gasteiger partial charge in [-0.1, -0.05) is 42.5 Å². The van der Waals surface area contributed by atoms with Crippen molar-refractivity contribution in [2.24, 2.45) is 0 Å². The number of nitrogens with one attached hydrogen (secondary N) is 1. The Labute approximate surface area is 109 Å². The fourth-order valence-electron chi connectivity index (χ4n) is 1.56. The summed E-state index contributed by atoms with van der Waals surface area (Å²) < 4.78 is 0. The first-order valence-corrected chi connectivity index (χ1v) is 5.71. The molecule has 0 atom stereocenters. The van der Waals surface area contributed by atoms with Crippen molar-refractivity contribution in [3.63, 3.8) is 0 Å². The Balaban J connectivity index is 2.16. The van der Waals surface area contributed by atoms with Crippen molar-refractivity contribution >= 4 is 28.4 Å². The van der Waals surface area contributed by atoms with Crippen LogP contribution in [0.3, 0.4) is 0 Å². The highest BCUT2D eigenvalue weighted by Gasteiger charge is 2.09. The van der Waals surface area contributed by atoms with E-state index in [9.17, 15) is 9.59 Å². The van der Waals surface area contributed by atoms with Crippen molar-refractivity contribution < 1.29 is 9.59 Å². The van der Waals surface area contributed by atoms with Gasteiger partial charge in [-0.25, -0.2) is 0 Å². The average molecular weight is 260 g/mol. The molecular weight excluding hydrogens is 250 g/mol. The van der Waals surface area contributed by atoms with Crippen molar-refractivity contribution in [2.45, 2.75) is 0 Å². The van der Waals surface area contributed by atoms with Gasteiger partial charge in [-0.2, -0.15) is 0 Å². The molecule has 0 bridgehead atoms. The molecule has 0 fully saturated rings. The maximum atomic E-state index is 11.1. The molecule has 18 heavy (non-hydrogen) atoms. The van der Waals surface area contributed by atoms with Crippen molar-refractivity contribution in [2.75, 3.05) is 5.32 Å². The van der Waals surface area contributed by atoms with Crippen LogP contribution in [-0.2, 0) is 9.59 Å². The third kappa shape index (κ3) is 2.96. The Kier molecular flexibility index (Phi) is 3.75. The van der Waals surface area contributed by atoms with Gasteiger partial charge in [-0.3, -0.25) is 9.59 Å². The van der Waals surface area contributed by atoms with E-state index in [0.29, 0.717) is 5.69 Å². The lowest BCUT2D eigenvalue weighted by Gasteiger charge is -2.04. The van der Waals surface area contributed by atoms with Gasteiger partial charge < -0.3 is 5.32 Å². The summed E-state index contributed by atoms with van der Waals surface area (Å²) in [6.07, 6.45) is 0. The van der Waals surface area contributed by atoms with Gasteiger partial charge in [-0.05, 0) is 34.9 Å². The zero-order chi connectivity index (χ0) is 13.0. The Morgan fingerprint density at radius 3 is 1.94 bits per heavy atom. The zero-order valence-corrected chi connectivity index (χ0v) is 10.1. The molecule has 0 aliphatic rings. The topological polar surface area (TPSA) is 46.2 Å². The molecule has 4 heteroatoms. The van der Waals surface area contributed by atoms with E-state index in [2.05, 4.69) is 5.32 Å². The highest BCUT2D eigenvalue weighted by atomic mass is 35.5. The van der Waals surface area contributed by atoms with Crippen LogP contribution < -0.4 is 5.32 Å². The molecule has 0 aromatic heterocycles. The summed E-state index contributed by atoms with van der Waals surface area (Å²) in [7, 11) is 0. The van der Waals surface area contributed by atoms with Crippen molar-refractivity contribution in [1.82, 2.24) is 0 Å². The van der Waals surface area contributed by atoms with Gasteiger partial charge in [0.05, 0.1) is 0 Å². The number of benzene rings is 2. The van der Waals surface area contributed by atoms with E-state index in [4.69, 9.17) is 11.6 Å². The van der Waals surface area contributed by atoms with Crippen LogP contribution in [0.15, 0.2) is 54.6 Å². The van der Waals surface area contributed by atoms with Crippen LogP contribution >= 0.6 is 11.6 Å². The predicted octanol–water partition coefficient (Wildman–Crippen LogP) is 3.06. The van der Waals surface area contributed by atoms with Crippen LogP contribution in [0.2, 0.25) is 0 Å². The second-order valence-corrected chi connectivity index (χ2v) is 4.01. The lowest BCUT2D eigenvalue weighted by atomic mass is 10.1. The molecule has 0 heterocycles. The minimum absolute atomic E-state index is 0.536. The molecule has 0 saturated carbocycles. The van der Waals surface area contributed by atoms with Crippen LogP contribution in [0.5, 0.6) is 0 Å². The molecule has 2 rings (SSSR count). The lowest BCUT2D eigenvalue weighted by Crippen LogP contribution is -2.17. The molecule has 0 unspecified atom stereocenters. The summed E-state index contributed by atoms with van der Waals surface area (Å²) in [5.41, 5.74) is 2.66. The molecule has 2 aromatic rings. The number of halogens is 1. The Morgan fingerprint density at radius 2 is 1.39 bits per heavy atom. The molecule has 1 N–H and O–H groups in total. The Hall–Kier alpha value is -2.13. The summed E-state index contributed by atoms with van der Waals surface area (Å²) in [5.74, 6) is -0.830. The zero-order valence-electron chi connectivity index (χ0n) is 9.39. The number of amides is 1. The van der Waals surface area contributed by atoms with E-state index in [-0.39, 0.29) is 0 Å². The Morgan fingerprint density at radius 1 is 0.833 bits per heavy atom. The van der Waals surface area contributed by atoms with E-state index in [1.807, 2.05) is 42.5 Å². The van der Waals surface area contributed by atoms with Gasteiger partial charge in [0.15, 0.2) is 0 Å². The largest absolute Gasteiger partial charge is 0.318 e. The smallest absolute Gasteiger partial charge is 0.310 e. The third-order valence-corrected chi connectivity index (χ3v) is 2.60. The summed E-state index contributed by atoms with van der Waals surface area (Å²) in [6.45, 7) is 0. The SMILES string of the molecule is O=C(Cl)C(=O)Nc1ccc(-c2ccccc2)cc1. The van der Waals surface area contributed by atoms with Crippen molar-refractivity contribution in [1.29, 1.82) is 0 Å². The molecule has 3 nitrogen and oxygen atoms in total. The Bertz CT molecular complexity index is 564. The lowest BCUT2D eigenvalue weighted by molar-refractivity contribution is -0.130. The van der Waals surface area contributed by atoms with Gasteiger partial charge in [0.25, 0.3) is 0 Å². The van der Waals surface area contributed by atoms with Gasteiger partial charge in [-0.15, -0.1) is 0 Å². The second-order valence-electron chi connectivity index (χ2n) is 3.67. The highest BCUT2D eigenvalue weighted by Crippen LogP contribution is 2.20. The van der Waals surface area contributed by atoms with Gasteiger partial charge in [0, 0.05) is 5.69 Å². The molecule has 1 amide bonds. The molecule has 90 valence electrons. The van der Waals surface area contributed by atoms with Crippen molar-refractivity contribution in [3.05, 3.63) is 54.6 Å². The van der Waals surface area contributed by atoms with Crippen molar-refractivity contribution in [3.8, 4) is 11.1 Å². The minimum atomic E-state index is -1.03. The minimum Gasteiger partial charge on any atom is -0.318 e. The summed E-state index contributed by atoms with van der Waals surface area (Å²) >= 11 is 5.05. The van der Waals surface area contributed by atoms with E-state index in [1.54, 1.807) is 12.1 Å². The predicted molar refractivity (Wildman–Crippen MR) is 71.4 cm³/mol. The van der Waals surface area contributed by atoms with Gasteiger partial charge in [0.2, 0.25) is 0 Å². The average Bonchev–Trinajstić information content (AvgIpc) is 2.40. The fourth-order valence-corrected chi connectivity index (χ4v) is 1.60. The number of anilines is 1. The first kappa shape index (κ1) is 12.3. The van der Waals surface area contributed by atoms with Crippen LogP contribution in [-0.4, -0.2) is 11.1 Å². The van der Waals surface area contributed by atoms with Gasteiger partial charge >= 0.3 is 11.1 Å². The van der Waals surface area contributed by atoms with Gasteiger partial charge in [0.1, 0.15) is 0 Å². The molecule has 2 aromatic carbocycles. The first-order chi connectivity index (χ1) is 8.66. The molecule has 0 aliphatic carbocycles. The monoisotopic (exact) mass is 259 g/mol. The van der Waals surface area contributed by atoms with E-state index < -0.39 is 11.1 Å². The third-order valence-electron chi connectivity index (χ3n) is 2.43. The molecule has 0 saturated heterocycles. The van der Waals surface area contributed by atoms with E-state index >= 15 is 0 Å². The number of carbonyl (C=O) groups excluding carboxylic acids is 2. The van der Waals surface area contributed by atoms with Crippen LogP contribution in [0.1, 0.15) is 0 Å². The van der Waals surface area contributed by atoms with Crippen LogP contribution in [0, 0.1) is 0 Å². The van der Waals surface area contributed by atoms with Crippen LogP contribution in [0.4, 0.5) is 5.69 Å². The maximum absolute atomic E-state index is 11.1. The normalized spacial score (nSPS) is 9.83. The number of hydrogen-bond donors (Lipinski definition) is 1. The standard InChI is InChI=1S/C14H10ClNO2/c15-13(17)14(18)16-12-8-6-11(7-9-12)10-4-2-1-3-5-10/h1-9H,(H,16,18). The number of carbonyl (C=O) groups is 2. The number of rotatable bonds is 3. The quantitative estimate of drug-likeness (QED) is 0.680. The highest BCUT2D eigenvalue weighted by molar-refractivity contribution is 6.82. The molecule has 0 radical (unpaired) electrons. The summed E-state index contributed by atoms with van der Waals surface area (Å²) in [6, 6.07) is 17.0. The molecular formula is C14H10ClNO2.